The first-order chi connectivity index (χ1) is 10.4. The SMILES string of the molecule is O=C(Nc1cccc([N+](=O)[O-])c1)[C@H]1CC(Cl)=CC[C@H]1C(=O)[O-]. The third-order valence-corrected chi connectivity index (χ3v) is 3.77. The summed E-state index contributed by atoms with van der Waals surface area (Å²) in [5.41, 5.74) is 0.0535. The Morgan fingerprint density at radius 2 is 2.05 bits per heavy atom. The van der Waals surface area contributed by atoms with E-state index in [2.05, 4.69) is 5.32 Å². The summed E-state index contributed by atoms with van der Waals surface area (Å²) < 4.78 is 0. The van der Waals surface area contributed by atoms with Gasteiger partial charge < -0.3 is 15.2 Å². The molecule has 2 atom stereocenters. The van der Waals surface area contributed by atoms with Gasteiger partial charge in [-0.2, -0.15) is 0 Å². The fourth-order valence-electron chi connectivity index (χ4n) is 2.32. The van der Waals surface area contributed by atoms with E-state index >= 15 is 0 Å². The molecule has 2 rings (SSSR count). The first-order valence-electron chi connectivity index (χ1n) is 6.49. The zero-order valence-electron chi connectivity index (χ0n) is 11.3. The van der Waals surface area contributed by atoms with E-state index < -0.39 is 28.6 Å². The molecule has 1 aromatic rings. The van der Waals surface area contributed by atoms with E-state index in [9.17, 15) is 24.8 Å². The van der Waals surface area contributed by atoms with Gasteiger partial charge in [0.15, 0.2) is 0 Å². The normalized spacial score (nSPS) is 20.9. The maximum Gasteiger partial charge on any atom is 0.271 e. The Kier molecular flexibility index (Phi) is 4.77. The molecule has 0 saturated heterocycles. The van der Waals surface area contributed by atoms with Gasteiger partial charge in [0.05, 0.1) is 10.8 Å². The van der Waals surface area contributed by atoms with Crippen molar-refractivity contribution < 1.29 is 19.6 Å². The number of halogens is 1. The molecular formula is C14H12ClN2O5-. The summed E-state index contributed by atoms with van der Waals surface area (Å²) in [5, 5.41) is 24.7. The molecule has 7 nitrogen and oxygen atoms in total. The van der Waals surface area contributed by atoms with Gasteiger partial charge in [-0.1, -0.05) is 23.7 Å². The average molecular weight is 324 g/mol. The molecule has 1 N–H and O–H groups in total. The maximum absolute atomic E-state index is 12.3. The summed E-state index contributed by atoms with van der Waals surface area (Å²) in [7, 11) is 0. The largest absolute Gasteiger partial charge is 0.550 e. The molecule has 0 unspecified atom stereocenters. The van der Waals surface area contributed by atoms with Crippen LogP contribution < -0.4 is 10.4 Å². The maximum atomic E-state index is 12.3. The number of benzene rings is 1. The number of non-ortho nitro benzene ring substituents is 1. The molecule has 1 amide bonds. The highest BCUT2D eigenvalue weighted by Crippen LogP contribution is 2.32. The van der Waals surface area contributed by atoms with Crippen LogP contribution in [0.15, 0.2) is 35.4 Å². The zero-order valence-corrected chi connectivity index (χ0v) is 12.1. The Labute approximate surface area is 130 Å². The third kappa shape index (κ3) is 3.62. The second-order valence-electron chi connectivity index (χ2n) is 4.92. The van der Waals surface area contributed by atoms with Gasteiger partial charge in [-0.3, -0.25) is 14.9 Å². The second kappa shape index (κ2) is 6.57. The summed E-state index contributed by atoms with van der Waals surface area (Å²) in [6.45, 7) is 0. The van der Waals surface area contributed by atoms with E-state index in [0.717, 1.165) is 0 Å². The Morgan fingerprint density at radius 3 is 2.68 bits per heavy atom. The van der Waals surface area contributed by atoms with Gasteiger partial charge in [0, 0.05) is 34.7 Å². The van der Waals surface area contributed by atoms with Crippen molar-refractivity contribution >= 4 is 34.9 Å². The standard InChI is InChI=1S/C14H13ClN2O5/c15-8-4-5-11(14(19)20)12(6-8)13(18)16-9-2-1-3-10(7-9)17(21)22/h1-4,7,11-12H,5-6H2,(H,16,18)(H,19,20)/p-1/t11-,12+/m1/s1. The average Bonchev–Trinajstić information content (AvgIpc) is 2.47. The highest BCUT2D eigenvalue weighted by molar-refractivity contribution is 6.29. The number of carbonyl (C=O) groups is 2. The van der Waals surface area contributed by atoms with Crippen LogP contribution in [0.25, 0.3) is 0 Å². The molecule has 0 fully saturated rings. The minimum absolute atomic E-state index is 0.0982. The number of hydrogen-bond donors (Lipinski definition) is 1. The van der Waals surface area contributed by atoms with Crippen LogP contribution in [0.4, 0.5) is 11.4 Å². The lowest BCUT2D eigenvalue weighted by atomic mass is 9.82. The number of anilines is 1. The lowest BCUT2D eigenvalue weighted by molar-refractivity contribution is -0.384. The van der Waals surface area contributed by atoms with E-state index in [-0.39, 0.29) is 24.2 Å². The molecule has 0 heterocycles. The Morgan fingerprint density at radius 1 is 1.32 bits per heavy atom. The highest BCUT2D eigenvalue weighted by Gasteiger charge is 2.32. The van der Waals surface area contributed by atoms with E-state index in [0.29, 0.717) is 5.03 Å². The van der Waals surface area contributed by atoms with Crippen LogP contribution in [-0.4, -0.2) is 16.8 Å². The van der Waals surface area contributed by atoms with Gasteiger partial charge >= 0.3 is 0 Å². The first-order valence-corrected chi connectivity index (χ1v) is 6.87. The predicted molar refractivity (Wildman–Crippen MR) is 76.9 cm³/mol. The number of hydrogen-bond acceptors (Lipinski definition) is 5. The predicted octanol–water partition coefficient (Wildman–Crippen LogP) is 1.43. The summed E-state index contributed by atoms with van der Waals surface area (Å²) in [6, 6.07) is 5.41. The van der Waals surface area contributed by atoms with Crippen molar-refractivity contribution in [3.05, 3.63) is 45.5 Å². The molecule has 0 aromatic heterocycles. The number of nitrogens with zero attached hydrogens (tertiary/aromatic N) is 1. The topological polar surface area (TPSA) is 112 Å². The van der Waals surface area contributed by atoms with Crippen LogP contribution >= 0.6 is 11.6 Å². The van der Waals surface area contributed by atoms with Gasteiger partial charge in [0.1, 0.15) is 0 Å². The van der Waals surface area contributed by atoms with Crippen molar-refractivity contribution in [3.63, 3.8) is 0 Å². The van der Waals surface area contributed by atoms with E-state index in [1.54, 1.807) is 6.08 Å². The molecule has 0 bridgehead atoms. The van der Waals surface area contributed by atoms with Crippen LogP contribution in [0, 0.1) is 22.0 Å². The van der Waals surface area contributed by atoms with Gasteiger partial charge in [0.2, 0.25) is 5.91 Å². The minimum atomic E-state index is -1.32. The van der Waals surface area contributed by atoms with Crippen molar-refractivity contribution in [2.45, 2.75) is 12.8 Å². The number of carbonyl (C=O) groups excluding carboxylic acids is 2. The lowest BCUT2D eigenvalue weighted by Gasteiger charge is -2.29. The molecule has 1 aliphatic rings. The number of nitro groups is 1. The van der Waals surface area contributed by atoms with Crippen LogP contribution in [-0.2, 0) is 9.59 Å². The Bertz CT molecular complexity index is 658. The number of rotatable bonds is 4. The van der Waals surface area contributed by atoms with Gasteiger partial charge in [-0.15, -0.1) is 0 Å². The van der Waals surface area contributed by atoms with Crippen molar-refractivity contribution in [1.29, 1.82) is 0 Å². The molecule has 0 spiro atoms. The van der Waals surface area contributed by atoms with Crippen LogP contribution in [0.3, 0.4) is 0 Å². The number of carboxylic acid groups (broad SMARTS) is 1. The molecule has 0 radical (unpaired) electrons. The minimum Gasteiger partial charge on any atom is -0.550 e. The summed E-state index contributed by atoms with van der Waals surface area (Å²) >= 11 is 5.87. The number of nitrogens with one attached hydrogen (secondary N) is 1. The fraction of sp³-hybridized carbons (Fsp3) is 0.286. The Hall–Kier alpha value is -2.41. The summed E-state index contributed by atoms with van der Waals surface area (Å²) in [6.07, 6.45) is 1.77. The van der Waals surface area contributed by atoms with Gasteiger partial charge in [-0.25, -0.2) is 0 Å². The number of aliphatic carboxylic acids is 1. The fourth-order valence-corrected chi connectivity index (χ4v) is 2.58. The van der Waals surface area contributed by atoms with Gasteiger partial charge in [-0.05, 0) is 18.9 Å². The second-order valence-corrected chi connectivity index (χ2v) is 5.41. The van der Waals surface area contributed by atoms with E-state index in [1.807, 2.05) is 0 Å². The number of nitro benzene ring substituents is 1. The molecule has 116 valence electrons. The number of carboxylic acids is 1. The van der Waals surface area contributed by atoms with E-state index in [1.165, 1.54) is 24.3 Å². The summed E-state index contributed by atoms with van der Waals surface area (Å²) in [5.74, 6) is -3.72. The first kappa shape index (κ1) is 16.0. The molecule has 0 aliphatic heterocycles. The van der Waals surface area contributed by atoms with Crippen molar-refractivity contribution in [3.8, 4) is 0 Å². The number of amides is 1. The van der Waals surface area contributed by atoms with Crippen molar-refractivity contribution in [1.82, 2.24) is 0 Å². The highest BCUT2D eigenvalue weighted by atomic mass is 35.5. The molecule has 1 aromatic carbocycles. The Balaban J connectivity index is 2.17. The molecule has 8 heteroatoms. The third-order valence-electron chi connectivity index (χ3n) is 3.46. The van der Waals surface area contributed by atoms with Crippen molar-refractivity contribution in [2.75, 3.05) is 5.32 Å². The molecule has 1 aliphatic carbocycles. The van der Waals surface area contributed by atoms with Gasteiger partial charge in [0.25, 0.3) is 5.69 Å². The number of allylic oxidation sites excluding steroid dienone is 2. The lowest BCUT2D eigenvalue weighted by Crippen LogP contribution is -2.42. The van der Waals surface area contributed by atoms with Crippen molar-refractivity contribution in [2.24, 2.45) is 11.8 Å². The van der Waals surface area contributed by atoms with Crippen LogP contribution in [0.2, 0.25) is 0 Å². The summed E-state index contributed by atoms with van der Waals surface area (Å²) in [4.78, 5) is 33.5. The molecule has 22 heavy (non-hydrogen) atoms. The van der Waals surface area contributed by atoms with Crippen LogP contribution in [0.5, 0.6) is 0 Å². The smallest absolute Gasteiger partial charge is 0.271 e. The monoisotopic (exact) mass is 323 g/mol. The molecular weight excluding hydrogens is 312 g/mol. The van der Waals surface area contributed by atoms with E-state index in [4.69, 9.17) is 11.6 Å². The quantitative estimate of drug-likeness (QED) is 0.665. The molecule has 0 saturated carbocycles. The zero-order chi connectivity index (χ0) is 16.3. The van der Waals surface area contributed by atoms with Crippen LogP contribution in [0.1, 0.15) is 12.8 Å².